The van der Waals surface area contributed by atoms with Crippen molar-refractivity contribution in [2.24, 2.45) is 0 Å². The highest BCUT2D eigenvalue weighted by Gasteiger charge is 2.08. The molecule has 0 N–H and O–H groups in total. The van der Waals surface area contributed by atoms with Crippen LogP contribution in [-0.2, 0) is 9.53 Å². The van der Waals surface area contributed by atoms with Gasteiger partial charge in [-0.2, -0.15) is 0 Å². The van der Waals surface area contributed by atoms with Crippen LogP contribution in [0.15, 0.2) is 29.3 Å². The number of nitrogens with zero attached hydrogens (tertiary/aromatic N) is 3. The molecular formula is C11H11N3O2S. The lowest BCUT2D eigenvalue weighted by atomic mass is 10.2. The Morgan fingerprint density at radius 3 is 3.00 bits per heavy atom. The highest BCUT2D eigenvalue weighted by atomic mass is 32.2. The van der Waals surface area contributed by atoms with E-state index in [4.69, 9.17) is 4.74 Å². The molecule has 0 saturated heterocycles. The molecule has 0 amide bonds. The van der Waals surface area contributed by atoms with E-state index in [0.717, 1.165) is 10.9 Å². The maximum atomic E-state index is 11.2. The van der Waals surface area contributed by atoms with Crippen LogP contribution in [0.5, 0.6) is 0 Å². The minimum atomic E-state index is -0.250. The maximum absolute atomic E-state index is 11.2. The first-order valence-electron chi connectivity index (χ1n) is 5.17. The molecule has 2 rings (SSSR count). The summed E-state index contributed by atoms with van der Waals surface area (Å²) >= 11 is 1.31. The Kier molecular flexibility index (Phi) is 3.87. The van der Waals surface area contributed by atoms with E-state index in [1.807, 2.05) is 24.3 Å². The molecule has 0 fully saturated rings. The van der Waals surface area contributed by atoms with E-state index in [2.05, 4.69) is 15.4 Å². The molecule has 1 aromatic heterocycles. The number of carbonyl (C=O) groups is 1. The van der Waals surface area contributed by atoms with Gasteiger partial charge in [-0.25, -0.2) is 0 Å². The van der Waals surface area contributed by atoms with Crippen LogP contribution in [-0.4, -0.2) is 33.7 Å². The van der Waals surface area contributed by atoms with E-state index in [9.17, 15) is 4.79 Å². The average molecular weight is 249 g/mol. The van der Waals surface area contributed by atoms with Crippen molar-refractivity contribution in [1.29, 1.82) is 0 Å². The molecule has 1 heterocycles. The summed E-state index contributed by atoms with van der Waals surface area (Å²) in [4.78, 5) is 11.2. The van der Waals surface area contributed by atoms with Crippen LogP contribution in [0, 0.1) is 0 Å². The summed E-state index contributed by atoms with van der Waals surface area (Å²) in [5.74, 6) is -0.0172. The van der Waals surface area contributed by atoms with Crippen molar-refractivity contribution in [2.75, 3.05) is 12.4 Å². The number of rotatable bonds is 4. The molecule has 0 spiro atoms. The molecule has 0 unspecified atom stereocenters. The molecule has 0 saturated carbocycles. The quantitative estimate of drug-likeness (QED) is 0.606. The number of hydrogen-bond acceptors (Lipinski definition) is 6. The third kappa shape index (κ3) is 2.91. The van der Waals surface area contributed by atoms with E-state index < -0.39 is 0 Å². The molecule has 0 aliphatic carbocycles. The van der Waals surface area contributed by atoms with Crippen LogP contribution in [0.25, 0.3) is 10.9 Å². The molecule has 0 bridgehead atoms. The Hall–Kier alpha value is -1.69. The smallest absolute Gasteiger partial charge is 0.316 e. The van der Waals surface area contributed by atoms with Gasteiger partial charge >= 0.3 is 5.97 Å². The minimum absolute atomic E-state index is 0.233. The van der Waals surface area contributed by atoms with Crippen molar-refractivity contribution >= 4 is 28.6 Å². The van der Waals surface area contributed by atoms with Gasteiger partial charge in [0, 0.05) is 5.39 Å². The van der Waals surface area contributed by atoms with E-state index in [1.165, 1.54) is 11.8 Å². The number of fused-ring (bicyclic) bond motifs is 1. The number of benzene rings is 1. The zero-order valence-electron chi connectivity index (χ0n) is 9.29. The van der Waals surface area contributed by atoms with Crippen molar-refractivity contribution in [3.63, 3.8) is 0 Å². The molecule has 0 atom stereocenters. The van der Waals surface area contributed by atoms with Gasteiger partial charge in [-0.3, -0.25) is 4.79 Å². The summed E-state index contributed by atoms with van der Waals surface area (Å²) < 4.78 is 4.85. The second-order valence-corrected chi connectivity index (χ2v) is 4.17. The lowest BCUT2D eigenvalue weighted by Gasteiger charge is -2.03. The Labute approximate surface area is 103 Å². The number of esters is 1. The fourth-order valence-electron chi connectivity index (χ4n) is 1.34. The van der Waals surface area contributed by atoms with Gasteiger partial charge in [0.2, 0.25) is 0 Å². The monoisotopic (exact) mass is 249 g/mol. The number of aromatic nitrogens is 3. The molecular weight excluding hydrogens is 238 g/mol. The fraction of sp³-hybridized carbons (Fsp3) is 0.273. The second-order valence-electron chi connectivity index (χ2n) is 3.21. The standard InChI is InChI=1S/C11H11N3O2S/c1-2-16-10(15)7-17-11-8-5-3-4-6-9(8)12-14-13-11/h3-6H,2,7H2,1H3. The molecule has 5 nitrogen and oxygen atoms in total. The van der Waals surface area contributed by atoms with Crippen LogP contribution in [0.3, 0.4) is 0 Å². The summed E-state index contributed by atoms with van der Waals surface area (Å²) in [7, 11) is 0. The van der Waals surface area contributed by atoms with Gasteiger partial charge in [-0.1, -0.05) is 23.9 Å². The van der Waals surface area contributed by atoms with Gasteiger partial charge < -0.3 is 4.74 Å². The highest BCUT2D eigenvalue weighted by Crippen LogP contribution is 2.23. The van der Waals surface area contributed by atoms with E-state index in [-0.39, 0.29) is 11.7 Å². The molecule has 0 aliphatic rings. The van der Waals surface area contributed by atoms with Gasteiger partial charge in [0.15, 0.2) is 0 Å². The normalized spacial score (nSPS) is 10.4. The molecule has 17 heavy (non-hydrogen) atoms. The van der Waals surface area contributed by atoms with E-state index in [1.54, 1.807) is 6.92 Å². The summed E-state index contributed by atoms with van der Waals surface area (Å²) in [6.45, 7) is 2.17. The topological polar surface area (TPSA) is 65.0 Å². The van der Waals surface area contributed by atoms with Crippen molar-refractivity contribution < 1.29 is 9.53 Å². The molecule has 2 aromatic rings. The SMILES string of the molecule is CCOC(=O)CSc1nnnc2ccccc12. The summed E-state index contributed by atoms with van der Waals surface area (Å²) in [6, 6.07) is 7.56. The summed E-state index contributed by atoms with van der Waals surface area (Å²) in [5, 5.41) is 13.1. The van der Waals surface area contributed by atoms with Crippen LogP contribution in [0.1, 0.15) is 6.92 Å². The van der Waals surface area contributed by atoms with Crippen molar-refractivity contribution in [2.45, 2.75) is 11.9 Å². The first-order valence-corrected chi connectivity index (χ1v) is 6.16. The third-order valence-corrected chi connectivity index (χ3v) is 3.01. The predicted molar refractivity (Wildman–Crippen MR) is 64.7 cm³/mol. The Bertz CT molecular complexity index is 528. The van der Waals surface area contributed by atoms with Gasteiger partial charge in [0.1, 0.15) is 5.03 Å². The van der Waals surface area contributed by atoms with E-state index >= 15 is 0 Å². The summed E-state index contributed by atoms with van der Waals surface area (Å²) in [5.41, 5.74) is 0.772. The average Bonchev–Trinajstić information content (AvgIpc) is 2.36. The van der Waals surface area contributed by atoms with Gasteiger partial charge in [0.25, 0.3) is 0 Å². The fourth-order valence-corrected chi connectivity index (χ4v) is 2.10. The molecule has 6 heteroatoms. The number of hydrogen-bond donors (Lipinski definition) is 0. The van der Waals surface area contributed by atoms with Crippen LogP contribution >= 0.6 is 11.8 Å². The molecule has 88 valence electrons. The first kappa shape index (κ1) is 11.8. The third-order valence-electron chi connectivity index (χ3n) is 2.05. The lowest BCUT2D eigenvalue weighted by Crippen LogP contribution is -2.07. The van der Waals surface area contributed by atoms with Gasteiger partial charge in [-0.05, 0) is 24.3 Å². The lowest BCUT2D eigenvalue weighted by molar-refractivity contribution is -0.139. The highest BCUT2D eigenvalue weighted by molar-refractivity contribution is 8.00. The van der Waals surface area contributed by atoms with Crippen molar-refractivity contribution in [1.82, 2.24) is 15.4 Å². The Balaban J connectivity index is 2.16. The predicted octanol–water partition coefficient (Wildman–Crippen LogP) is 1.68. The number of ether oxygens (including phenoxy) is 1. The van der Waals surface area contributed by atoms with Crippen molar-refractivity contribution in [3.8, 4) is 0 Å². The number of thioether (sulfide) groups is 1. The Morgan fingerprint density at radius 2 is 2.18 bits per heavy atom. The maximum Gasteiger partial charge on any atom is 0.316 e. The van der Waals surface area contributed by atoms with Crippen LogP contribution in [0.2, 0.25) is 0 Å². The van der Waals surface area contributed by atoms with E-state index in [0.29, 0.717) is 11.6 Å². The summed E-state index contributed by atoms with van der Waals surface area (Å²) in [6.07, 6.45) is 0. The zero-order chi connectivity index (χ0) is 12.1. The number of carbonyl (C=O) groups excluding carboxylic acids is 1. The zero-order valence-corrected chi connectivity index (χ0v) is 10.1. The van der Waals surface area contributed by atoms with Crippen LogP contribution < -0.4 is 0 Å². The van der Waals surface area contributed by atoms with Crippen LogP contribution in [0.4, 0.5) is 0 Å². The minimum Gasteiger partial charge on any atom is -0.465 e. The Morgan fingerprint density at radius 1 is 1.35 bits per heavy atom. The van der Waals surface area contributed by atoms with Crippen molar-refractivity contribution in [3.05, 3.63) is 24.3 Å². The van der Waals surface area contributed by atoms with Gasteiger partial charge in [0.05, 0.1) is 17.9 Å². The largest absolute Gasteiger partial charge is 0.465 e. The second kappa shape index (κ2) is 5.58. The molecule has 1 aromatic carbocycles. The van der Waals surface area contributed by atoms with Gasteiger partial charge in [-0.15, -0.1) is 10.2 Å². The molecule has 0 aliphatic heterocycles. The molecule has 0 radical (unpaired) electrons. The first-order chi connectivity index (χ1) is 8.31.